The number of hydrogen-bond donors (Lipinski definition) is 1. The Morgan fingerprint density at radius 2 is 1.60 bits per heavy atom. The molecular weight excluding hydrogens is 652 g/mol. The fourth-order valence-electron chi connectivity index (χ4n) is 5.26. The van der Waals surface area contributed by atoms with E-state index < -0.39 is 40.7 Å². The molecule has 3 heterocycles. The molecule has 0 amide bonds. The summed E-state index contributed by atoms with van der Waals surface area (Å²) in [6.07, 6.45) is -4.24. The van der Waals surface area contributed by atoms with Gasteiger partial charge in [-0.15, -0.1) is 0 Å². The number of carbonyl (C=O) groups is 2. The van der Waals surface area contributed by atoms with Crippen molar-refractivity contribution in [1.82, 2.24) is 25.0 Å². The smallest absolute Gasteiger partial charge is 0.346 e. The van der Waals surface area contributed by atoms with E-state index in [0.717, 1.165) is 30.6 Å². The first kappa shape index (κ1) is 36.1. The molecule has 8 nitrogen and oxygen atoms in total. The molecule has 4 aromatic rings. The molecule has 0 spiro atoms. The molecule has 0 unspecified atom stereocenters. The molecule has 0 atom stereocenters. The predicted molar refractivity (Wildman–Crippen MR) is 160 cm³/mol. The number of carbonyl (C=O) groups excluding carboxylic acids is 2. The van der Waals surface area contributed by atoms with Crippen molar-refractivity contribution in [1.29, 1.82) is 0 Å². The first-order valence-electron chi connectivity index (χ1n) is 14.4. The SMILES string of the molecule is CNCN(c1ccc(F)c(C(F)(F)F)c1)C1(C=O)CCN(C)CC1.O=Cc1cc(-c2cccnc2)n(-c2ccc(C(F)(F)F)c(F)c2)n1. The second-order valence-electron chi connectivity index (χ2n) is 11.0. The van der Waals surface area contributed by atoms with E-state index in [0.29, 0.717) is 49.5 Å². The van der Waals surface area contributed by atoms with Crippen molar-refractivity contribution in [2.45, 2.75) is 30.7 Å². The Morgan fingerprint density at radius 1 is 0.917 bits per heavy atom. The Hall–Kier alpha value is -4.70. The quantitative estimate of drug-likeness (QED) is 0.131. The molecule has 1 fully saturated rings. The van der Waals surface area contributed by atoms with E-state index in [2.05, 4.69) is 20.3 Å². The number of pyridine rings is 1. The number of nitrogens with one attached hydrogen (secondary N) is 1. The van der Waals surface area contributed by atoms with Crippen LogP contribution in [-0.2, 0) is 17.1 Å². The van der Waals surface area contributed by atoms with Gasteiger partial charge in [-0.2, -0.15) is 31.4 Å². The van der Waals surface area contributed by atoms with Gasteiger partial charge in [-0.1, -0.05) is 0 Å². The molecule has 0 aliphatic carbocycles. The highest BCUT2D eigenvalue weighted by molar-refractivity contribution is 5.76. The lowest BCUT2D eigenvalue weighted by atomic mass is 9.86. The lowest BCUT2D eigenvalue weighted by molar-refractivity contribution is -0.140. The van der Waals surface area contributed by atoms with E-state index in [1.54, 1.807) is 30.3 Å². The van der Waals surface area contributed by atoms with E-state index in [9.17, 15) is 44.7 Å². The highest BCUT2D eigenvalue weighted by Crippen LogP contribution is 2.37. The van der Waals surface area contributed by atoms with Crippen molar-refractivity contribution in [2.75, 3.05) is 38.8 Å². The van der Waals surface area contributed by atoms with Gasteiger partial charge >= 0.3 is 12.4 Å². The number of piperidine rings is 1. The van der Waals surface area contributed by atoms with Crippen LogP contribution >= 0.6 is 0 Å². The van der Waals surface area contributed by atoms with Crippen LogP contribution in [0.5, 0.6) is 0 Å². The minimum absolute atomic E-state index is 0.0625. The van der Waals surface area contributed by atoms with Crippen LogP contribution in [0.2, 0.25) is 0 Å². The molecule has 0 radical (unpaired) electrons. The fourth-order valence-corrected chi connectivity index (χ4v) is 5.26. The maximum absolute atomic E-state index is 13.8. The number of alkyl halides is 6. The van der Waals surface area contributed by atoms with Gasteiger partial charge in [-0.3, -0.25) is 9.78 Å². The fraction of sp³-hybridized carbons (Fsp3) is 0.312. The first-order chi connectivity index (χ1) is 22.6. The van der Waals surface area contributed by atoms with Gasteiger partial charge in [-0.05, 0) is 75.5 Å². The number of hydrogen-bond acceptors (Lipinski definition) is 7. The lowest BCUT2D eigenvalue weighted by Gasteiger charge is -2.46. The number of likely N-dealkylation sites (tertiary alicyclic amines) is 1. The maximum Gasteiger partial charge on any atom is 0.419 e. The number of rotatable bonds is 8. The second-order valence-corrected chi connectivity index (χ2v) is 11.0. The van der Waals surface area contributed by atoms with E-state index >= 15 is 0 Å². The Morgan fingerprint density at radius 3 is 2.15 bits per heavy atom. The van der Waals surface area contributed by atoms with Crippen LogP contribution in [0.1, 0.15) is 34.5 Å². The summed E-state index contributed by atoms with van der Waals surface area (Å²) < 4.78 is 106. The van der Waals surface area contributed by atoms with Crippen LogP contribution in [0.15, 0.2) is 67.0 Å². The van der Waals surface area contributed by atoms with Crippen molar-refractivity contribution in [2.24, 2.45) is 0 Å². The van der Waals surface area contributed by atoms with Crippen LogP contribution in [0.25, 0.3) is 16.9 Å². The van der Waals surface area contributed by atoms with Crippen LogP contribution in [-0.4, -0.2) is 71.6 Å². The third-order valence-corrected chi connectivity index (χ3v) is 7.80. The van der Waals surface area contributed by atoms with E-state index in [1.165, 1.54) is 23.0 Å². The topological polar surface area (TPSA) is 83.4 Å². The summed E-state index contributed by atoms with van der Waals surface area (Å²) in [5.41, 5.74) is -2.30. The van der Waals surface area contributed by atoms with Crippen molar-refractivity contribution in [3.63, 3.8) is 0 Å². The first-order valence-corrected chi connectivity index (χ1v) is 14.4. The molecule has 5 rings (SSSR count). The van der Waals surface area contributed by atoms with E-state index in [4.69, 9.17) is 0 Å². The number of halogens is 8. The van der Waals surface area contributed by atoms with Gasteiger partial charge in [0.2, 0.25) is 0 Å². The minimum Gasteiger partial charge on any atom is -0.346 e. The molecule has 1 aliphatic heterocycles. The van der Waals surface area contributed by atoms with Crippen molar-refractivity contribution in [3.05, 3.63) is 95.4 Å². The Kier molecular flexibility index (Phi) is 11.0. The summed E-state index contributed by atoms with van der Waals surface area (Å²) in [5.74, 6) is -2.74. The maximum atomic E-state index is 13.8. The number of aldehydes is 2. The van der Waals surface area contributed by atoms with Crippen molar-refractivity contribution < 1.29 is 44.7 Å². The summed E-state index contributed by atoms with van der Waals surface area (Å²) in [6, 6.07) is 10.1. The lowest BCUT2D eigenvalue weighted by Crippen LogP contribution is -2.58. The molecule has 16 heteroatoms. The van der Waals surface area contributed by atoms with Crippen LogP contribution in [0.4, 0.5) is 40.8 Å². The van der Waals surface area contributed by atoms with Crippen LogP contribution in [0.3, 0.4) is 0 Å². The highest BCUT2D eigenvalue weighted by Gasteiger charge is 2.41. The predicted octanol–water partition coefficient (Wildman–Crippen LogP) is 6.40. The molecule has 256 valence electrons. The summed E-state index contributed by atoms with van der Waals surface area (Å²) in [6.45, 7) is 1.50. The van der Waals surface area contributed by atoms with Crippen LogP contribution in [0, 0.1) is 11.6 Å². The molecule has 1 saturated heterocycles. The Labute approximate surface area is 270 Å². The largest absolute Gasteiger partial charge is 0.419 e. The number of anilines is 1. The third kappa shape index (κ3) is 8.05. The van der Waals surface area contributed by atoms with Crippen molar-refractivity contribution in [3.8, 4) is 16.9 Å². The van der Waals surface area contributed by atoms with Gasteiger partial charge < -0.3 is 19.9 Å². The van der Waals surface area contributed by atoms with Crippen molar-refractivity contribution >= 4 is 18.3 Å². The monoisotopic (exact) mass is 682 g/mol. The molecule has 1 N–H and O–H groups in total. The van der Waals surface area contributed by atoms with E-state index in [-0.39, 0.29) is 23.7 Å². The van der Waals surface area contributed by atoms with Gasteiger partial charge in [-0.25, -0.2) is 13.5 Å². The molecule has 0 bridgehead atoms. The Balaban J connectivity index is 0.000000217. The summed E-state index contributed by atoms with van der Waals surface area (Å²) in [4.78, 5) is 30.4. The number of benzene rings is 2. The average Bonchev–Trinajstić information content (AvgIpc) is 3.49. The molecule has 48 heavy (non-hydrogen) atoms. The molecule has 0 saturated carbocycles. The summed E-state index contributed by atoms with van der Waals surface area (Å²) in [5, 5.41) is 6.87. The van der Waals surface area contributed by atoms with Gasteiger partial charge in [0.1, 0.15) is 23.6 Å². The molecule has 2 aromatic heterocycles. The van der Waals surface area contributed by atoms with Gasteiger partial charge in [0.05, 0.1) is 34.7 Å². The van der Waals surface area contributed by atoms with E-state index in [1.807, 2.05) is 7.05 Å². The molecule has 1 aliphatic rings. The molecule has 2 aromatic carbocycles. The number of nitrogens with zero attached hydrogens (tertiary/aromatic N) is 5. The third-order valence-electron chi connectivity index (χ3n) is 7.80. The standard InChI is InChI=1S/C16H9F4N3O.C16H21F4N3O/c17-14-7-12(3-4-13(14)16(18,19)20)23-15(6-11(9-24)22-23)10-2-1-5-21-8-10;1-21-11-23(15(10-24)5-7-22(2)8-6-15)12-3-4-14(17)13(9-12)16(18,19)20/h1-9H;3-4,9-10,21H,5-8,11H2,1-2H3. The van der Waals surface area contributed by atoms with Gasteiger partial charge in [0, 0.05) is 42.8 Å². The minimum atomic E-state index is -4.79. The zero-order valence-corrected chi connectivity index (χ0v) is 25.6. The van der Waals surface area contributed by atoms with Crippen LogP contribution < -0.4 is 10.2 Å². The number of aromatic nitrogens is 3. The molecular formula is C32H30F8N6O2. The summed E-state index contributed by atoms with van der Waals surface area (Å²) >= 11 is 0. The zero-order valence-electron chi connectivity index (χ0n) is 25.6. The highest BCUT2D eigenvalue weighted by atomic mass is 19.4. The van der Waals surface area contributed by atoms with Gasteiger partial charge in [0.15, 0.2) is 6.29 Å². The summed E-state index contributed by atoms with van der Waals surface area (Å²) in [7, 11) is 3.57. The zero-order chi connectivity index (χ0) is 35.3. The second kappa shape index (κ2) is 14.6. The normalized spacial score (nSPS) is 15.0. The van der Waals surface area contributed by atoms with Gasteiger partial charge in [0.25, 0.3) is 0 Å². The Bertz CT molecular complexity index is 1720. The average molecular weight is 683 g/mol.